The second-order valence-electron chi connectivity index (χ2n) is 5.07. The lowest BCUT2D eigenvalue weighted by Gasteiger charge is -2.34. The SMILES string of the molecule is CCCCCCC(O)C1(OCC)CCCC1. The summed E-state index contributed by atoms with van der Waals surface area (Å²) in [6.45, 7) is 4.98. The van der Waals surface area contributed by atoms with E-state index >= 15 is 0 Å². The van der Waals surface area contributed by atoms with Crippen molar-refractivity contribution < 1.29 is 9.84 Å². The van der Waals surface area contributed by atoms with Crippen LogP contribution in [0.2, 0.25) is 0 Å². The van der Waals surface area contributed by atoms with Gasteiger partial charge in [0.2, 0.25) is 0 Å². The highest BCUT2D eigenvalue weighted by Gasteiger charge is 2.40. The van der Waals surface area contributed by atoms with Crippen molar-refractivity contribution >= 4 is 0 Å². The lowest BCUT2D eigenvalue weighted by Crippen LogP contribution is -2.42. The van der Waals surface area contributed by atoms with Gasteiger partial charge < -0.3 is 9.84 Å². The number of hydrogen-bond donors (Lipinski definition) is 1. The number of aliphatic hydroxyl groups excluding tert-OH is 1. The van der Waals surface area contributed by atoms with Crippen molar-refractivity contribution in [3.63, 3.8) is 0 Å². The van der Waals surface area contributed by atoms with Crippen molar-refractivity contribution in [1.82, 2.24) is 0 Å². The lowest BCUT2D eigenvalue weighted by molar-refractivity contribution is -0.119. The number of aliphatic hydroxyl groups is 1. The maximum Gasteiger partial charge on any atom is 0.0939 e. The third-order valence-corrected chi connectivity index (χ3v) is 3.82. The molecule has 1 saturated carbocycles. The number of ether oxygens (including phenoxy) is 1. The van der Waals surface area contributed by atoms with Gasteiger partial charge in [-0.05, 0) is 26.2 Å². The van der Waals surface area contributed by atoms with Gasteiger partial charge in [-0.2, -0.15) is 0 Å². The van der Waals surface area contributed by atoms with Gasteiger partial charge in [0.1, 0.15) is 0 Å². The Morgan fingerprint density at radius 3 is 2.38 bits per heavy atom. The van der Waals surface area contributed by atoms with E-state index in [0.29, 0.717) is 0 Å². The van der Waals surface area contributed by atoms with Crippen LogP contribution in [-0.2, 0) is 4.74 Å². The fourth-order valence-corrected chi connectivity index (χ4v) is 2.86. The summed E-state index contributed by atoms with van der Waals surface area (Å²) in [4.78, 5) is 0. The van der Waals surface area contributed by atoms with Crippen LogP contribution >= 0.6 is 0 Å². The molecule has 0 saturated heterocycles. The highest BCUT2D eigenvalue weighted by atomic mass is 16.5. The molecule has 1 unspecified atom stereocenters. The summed E-state index contributed by atoms with van der Waals surface area (Å²) in [7, 11) is 0. The van der Waals surface area contributed by atoms with E-state index in [1.165, 1.54) is 32.1 Å². The molecule has 1 atom stereocenters. The maximum absolute atomic E-state index is 10.3. The van der Waals surface area contributed by atoms with Gasteiger partial charge in [-0.25, -0.2) is 0 Å². The average Bonchev–Trinajstić information content (AvgIpc) is 2.74. The van der Waals surface area contributed by atoms with Crippen molar-refractivity contribution in [2.24, 2.45) is 0 Å². The van der Waals surface area contributed by atoms with Crippen molar-refractivity contribution in [1.29, 1.82) is 0 Å². The predicted octanol–water partition coefficient (Wildman–Crippen LogP) is 3.67. The highest BCUT2D eigenvalue weighted by Crippen LogP contribution is 2.37. The van der Waals surface area contributed by atoms with Crippen LogP contribution in [0.15, 0.2) is 0 Å². The molecule has 0 bridgehead atoms. The minimum Gasteiger partial charge on any atom is -0.390 e. The molecule has 0 spiro atoms. The summed E-state index contributed by atoms with van der Waals surface area (Å²) in [5.74, 6) is 0. The number of hydrogen-bond acceptors (Lipinski definition) is 2. The van der Waals surface area contributed by atoms with Gasteiger partial charge in [0.15, 0.2) is 0 Å². The smallest absolute Gasteiger partial charge is 0.0939 e. The zero-order valence-electron chi connectivity index (χ0n) is 11.0. The Kier molecular flexibility index (Phi) is 6.37. The Morgan fingerprint density at radius 1 is 1.12 bits per heavy atom. The van der Waals surface area contributed by atoms with Gasteiger partial charge in [-0.1, -0.05) is 45.4 Å². The predicted molar refractivity (Wildman–Crippen MR) is 67.6 cm³/mol. The Labute approximate surface area is 100 Å². The third-order valence-electron chi connectivity index (χ3n) is 3.82. The molecule has 0 heterocycles. The topological polar surface area (TPSA) is 29.5 Å². The molecule has 16 heavy (non-hydrogen) atoms. The van der Waals surface area contributed by atoms with Crippen LogP contribution in [0.5, 0.6) is 0 Å². The van der Waals surface area contributed by atoms with E-state index in [4.69, 9.17) is 4.74 Å². The quantitative estimate of drug-likeness (QED) is 0.642. The van der Waals surface area contributed by atoms with Crippen molar-refractivity contribution in [3.8, 4) is 0 Å². The molecule has 2 heteroatoms. The molecule has 1 aliphatic carbocycles. The molecule has 1 N–H and O–H groups in total. The molecule has 0 amide bonds. The minimum absolute atomic E-state index is 0.193. The van der Waals surface area contributed by atoms with E-state index < -0.39 is 0 Å². The molecule has 0 aromatic carbocycles. The zero-order valence-corrected chi connectivity index (χ0v) is 11.0. The summed E-state index contributed by atoms with van der Waals surface area (Å²) in [6, 6.07) is 0. The van der Waals surface area contributed by atoms with Crippen LogP contribution in [0.4, 0.5) is 0 Å². The van der Waals surface area contributed by atoms with Crippen molar-refractivity contribution in [2.75, 3.05) is 6.61 Å². The number of unbranched alkanes of at least 4 members (excludes halogenated alkanes) is 3. The molecular weight excluding hydrogens is 200 g/mol. The van der Waals surface area contributed by atoms with Gasteiger partial charge >= 0.3 is 0 Å². The Morgan fingerprint density at radius 2 is 1.81 bits per heavy atom. The fraction of sp³-hybridized carbons (Fsp3) is 1.00. The lowest BCUT2D eigenvalue weighted by atomic mass is 9.90. The molecule has 96 valence electrons. The molecule has 2 nitrogen and oxygen atoms in total. The van der Waals surface area contributed by atoms with Crippen LogP contribution in [0, 0.1) is 0 Å². The fourth-order valence-electron chi connectivity index (χ4n) is 2.86. The van der Waals surface area contributed by atoms with Crippen LogP contribution in [0.1, 0.15) is 71.6 Å². The van der Waals surface area contributed by atoms with Gasteiger partial charge in [0.25, 0.3) is 0 Å². The normalized spacial score (nSPS) is 21.2. The number of rotatable bonds is 8. The summed E-state index contributed by atoms with van der Waals surface area (Å²) < 4.78 is 5.86. The van der Waals surface area contributed by atoms with Crippen molar-refractivity contribution in [3.05, 3.63) is 0 Å². The second kappa shape index (κ2) is 7.29. The van der Waals surface area contributed by atoms with E-state index in [-0.39, 0.29) is 11.7 Å². The second-order valence-corrected chi connectivity index (χ2v) is 5.07. The molecule has 0 aliphatic heterocycles. The Hall–Kier alpha value is -0.0800. The van der Waals surface area contributed by atoms with E-state index in [1.807, 2.05) is 6.92 Å². The van der Waals surface area contributed by atoms with E-state index in [2.05, 4.69) is 6.92 Å². The van der Waals surface area contributed by atoms with E-state index in [9.17, 15) is 5.11 Å². The Bertz CT molecular complexity index is 174. The molecule has 0 radical (unpaired) electrons. The van der Waals surface area contributed by atoms with Gasteiger partial charge in [-0.15, -0.1) is 0 Å². The maximum atomic E-state index is 10.3. The first-order chi connectivity index (χ1) is 7.75. The molecule has 1 rings (SSSR count). The minimum atomic E-state index is -0.244. The van der Waals surface area contributed by atoms with E-state index in [0.717, 1.165) is 32.3 Å². The van der Waals surface area contributed by atoms with Crippen LogP contribution in [0.3, 0.4) is 0 Å². The zero-order chi connectivity index (χ0) is 11.9. The van der Waals surface area contributed by atoms with Crippen LogP contribution in [0.25, 0.3) is 0 Å². The first-order valence-corrected chi connectivity index (χ1v) is 7.07. The molecule has 1 aliphatic rings. The van der Waals surface area contributed by atoms with Gasteiger partial charge in [0.05, 0.1) is 11.7 Å². The molecule has 1 fully saturated rings. The highest BCUT2D eigenvalue weighted by molar-refractivity contribution is 4.92. The molecule has 0 aromatic rings. The summed E-state index contributed by atoms with van der Waals surface area (Å²) >= 11 is 0. The average molecular weight is 228 g/mol. The molecular formula is C14H28O2. The largest absolute Gasteiger partial charge is 0.390 e. The summed E-state index contributed by atoms with van der Waals surface area (Å²) in [6.07, 6.45) is 10.1. The first kappa shape index (κ1) is 14.0. The standard InChI is InChI=1S/C14H28O2/c1-3-5-6-7-10-13(15)14(16-4-2)11-8-9-12-14/h13,15H,3-12H2,1-2H3. The van der Waals surface area contributed by atoms with Gasteiger partial charge in [0, 0.05) is 6.61 Å². The van der Waals surface area contributed by atoms with Crippen molar-refractivity contribution in [2.45, 2.75) is 83.3 Å². The third kappa shape index (κ3) is 3.74. The Balaban J connectivity index is 2.33. The van der Waals surface area contributed by atoms with Crippen LogP contribution in [-0.4, -0.2) is 23.4 Å². The summed E-state index contributed by atoms with van der Waals surface area (Å²) in [5, 5.41) is 10.3. The monoisotopic (exact) mass is 228 g/mol. The summed E-state index contributed by atoms with van der Waals surface area (Å²) in [5.41, 5.74) is -0.193. The van der Waals surface area contributed by atoms with Gasteiger partial charge in [-0.3, -0.25) is 0 Å². The molecule has 0 aromatic heterocycles. The first-order valence-electron chi connectivity index (χ1n) is 7.07. The van der Waals surface area contributed by atoms with Crippen LogP contribution < -0.4 is 0 Å². The van der Waals surface area contributed by atoms with E-state index in [1.54, 1.807) is 0 Å².